The van der Waals surface area contributed by atoms with Crippen LogP contribution >= 0.6 is 0 Å². The van der Waals surface area contributed by atoms with Crippen molar-refractivity contribution in [1.82, 2.24) is 15.0 Å². The topological polar surface area (TPSA) is 66.0 Å². The summed E-state index contributed by atoms with van der Waals surface area (Å²) in [6.45, 7) is 3.22. The van der Waals surface area contributed by atoms with Crippen LogP contribution in [0.3, 0.4) is 0 Å². The second-order valence-electron chi connectivity index (χ2n) is 3.60. The van der Waals surface area contributed by atoms with Crippen molar-refractivity contribution in [3.8, 4) is 11.4 Å². The minimum absolute atomic E-state index is 0.588. The Morgan fingerprint density at radius 1 is 1.29 bits per heavy atom. The maximum Gasteiger partial charge on any atom is 0.119 e. The molecule has 90 valence electrons. The van der Waals surface area contributed by atoms with E-state index in [0.29, 0.717) is 13.2 Å². The SMILES string of the molecule is CCOc1ccc(-n2nncc2CCN)cc1. The lowest BCUT2D eigenvalue weighted by atomic mass is 10.2. The Morgan fingerprint density at radius 2 is 2.06 bits per heavy atom. The second kappa shape index (κ2) is 5.45. The summed E-state index contributed by atoms with van der Waals surface area (Å²) in [5.74, 6) is 0.858. The highest BCUT2D eigenvalue weighted by molar-refractivity contribution is 5.37. The maximum atomic E-state index is 5.54. The molecule has 0 radical (unpaired) electrons. The highest BCUT2D eigenvalue weighted by Crippen LogP contribution is 2.15. The van der Waals surface area contributed by atoms with Gasteiger partial charge in [0.2, 0.25) is 0 Å². The number of nitrogens with two attached hydrogens (primary N) is 1. The molecule has 2 aromatic rings. The molecule has 2 rings (SSSR count). The van der Waals surface area contributed by atoms with Crippen LogP contribution < -0.4 is 10.5 Å². The van der Waals surface area contributed by atoms with Crippen LogP contribution in [-0.2, 0) is 6.42 Å². The van der Waals surface area contributed by atoms with E-state index < -0.39 is 0 Å². The quantitative estimate of drug-likeness (QED) is 0.840. The second-order valence-corrected chi connectivity index (χ2v) is 3.60. The molecular formula is C12H16N4O. The number of aromatic nitrogens is 3. The van der Waals surface area contributed by atoms with E-state index >= 15 is 0 Å². The number of benzene rings is 1. The summed E-state index contributed by atoms with van der Waals surface area (Å²) in [5, 5.41) is 7.95. The Morgan fingerprint density at radius 3 is 2.71 bits per heavy atom. The molecule has 0 spiro atoms. The van der Waals surface area contributed by atoms with Crippen LogP contribution in [0.1, 0.15) is 12.6 Å². The molecule has 0 aliphatic carbocycles. The van der Waals surface area contributed by atoms with Gasteiger partial charge in [0.25, 0.3) is 0 Å². The lowest BCUT2D eigenvalue weighted by molar-refractivity contribution is 0.340. The normalized spacial score (nSPS) is 10.5. The van der Waals surface area contributed by atoms with E-state index in [1.807, 2.05) is 31.2 Å². The van der Waals surface area contributed by atoms with E-state index in [1.165, 1.54) is 0 Å². The van der Waals surface area contributed by atoms with Crippen LogP contribution in [-0.4, -0.2) is 28.1 Å². The fourth-order valence-corrected chi connectivity index (χ4v) is 1.64. The van der Waals surface area contributed by atoms with Gasteiger partial charge in [0.1, 0.15) is 5.75 Å². The van der Waals surface area contributed by atoms with Crippen molar-refractivity contribution in [1.29, 1.82) is 0 Å². The van der Waals surface area contributed by atoms with Gasteiger partial charge in [-0.25, -0.2) is 4.68 Å². The zero-order valence-electron chi connectivity index (χ0n) is 9.84. The fraction of sp³-hybridized carbons (Fsp3) is 0.333. The van der Waals surface area contributed by atoms with E-state index in [0.717, 1.165) is 23.6 Å². The zero-order valence-corrected chi connectivity index (χ0v) is 9.84. The Hall–Kier alpha value is -1.88. The van der Waals surface area contributed by atoms with E-state index in [-0.39, 0.29) is 0 Å². The smallest absolute Gasteiger partial charge is 0.119 e. The Balaban J connectivity index is 2.23. The fourth-order valence-electron chi connectivity index (χ4n) is 1.64. The van der Waals surface area contributed by atoms with Crippen molar-refractivity contribution >= 4 is 0 Å². The summed E-state index contributed by atoms with van der Waals surface area (Å²) in [4.78, 5) is 0. The van der Waals surface area contributed by atoms with Crippen molar-refractivity contribution in [3.63, 3.8) is 0 Å². The van der Waals surface area contributed by atoms with Crippen molar-refractivity contribution in [2.75, 3.05) is 13.2 Å². The number of rotatable bonds is 5. The van der Waals surface area contributed by atoms with Crippen LogP contribution in [0.5, 0.6) is 5.75 Å². The third-order valence-corrected chi connectivity index (χ3v) is 2.41. The molecule has 0 aliphatic rings. The molecule has 5 nitrogen and oxygen atoms in total. The molecule has 0 aliphatic heterocycles. The first kappa shape index (κ1) is 11.6. The predicted octanol–water partition coefficient (Wildman–Crippen LogP) is 1.17. The van der Waals surface area contributed by atoms with Crippen molar-refractivity contribution in [3.05, 3.63) is 36.2 Å². The van der Waals surface area contributed by atoms with E-state index in [1.54, 1.807) is 10.9 Å². The summed E-state index contributed by atoms with van der Waals surface area (Å²) < 4.78 is 7.18. The lowest BCUT2D eigenvalue weighted by Crippen LogP contribution is -2.08. The Bertz CT molecular complexity index is 464. The largest absolute Gasteiger partial charge is 0.494 e. The minimum Gasteiger partial charge on any atom is -0.494 e. The summed E-state index contributed by atoms with van der Waals surface area (Å²) in [6.07, 6.45) is 2.50. The van der Waals surface area contributed by atoms with Gasteiger partial charge in [-0.05, 0) is 37.7 Å². The van der Waals surface area contributed by atoms with Gasteiger partial charge in [-0.15, -0.1) is 5.10 Å². The van der Waals surface area contributed by atoms with Gasteiger partial charge < -0.3 is 10.5 Å². The first-order chi connectivity index (χ1) is 8.35. The van der Waals surface area contributed by atoms with Crippen molar-refractivity contribution in [2.45, 2.75) is 13.3 Å². The molecule has 0 bridgehead atoms. The van der Waals surface area contributed by atoms with Crippen molar-refractivity contribution < 1.29 is 4.74 Å². The molecule has 0 fully saturated rings. The van der Waals surface area contributed by atoms with Gasteiger partial charge in [0.15, 0.2) is 0 Å². The molecule has 0 amide bonds. The van der Waals surface area contributed by atoms with Gasteiger partial charge in [0.05, 0.1) is 24.2 Å². The zero-order chi connectivity index (χ0) is 12.1. The minimum atomic E-state index is 0.588. The summed E-state index contributed by atoms with van der Waals surface area (Å²) in [7, 11) is 0. The first-order valence-electron chi connectivity index (χ1n) is 5.68. The average molecular weight is 232 g/mol. The molecule has 0 saturated heterocycles. The molecule has 0 saturated carbocycles. The third kappa shape index (κ3) is 2.62. The van der Waals surface area contributed by atoms with Gasteiger partial charge in [-0.3, -0.25) is 0 Å². The number of hydrogen-bond donors (Lipinski definition) is 1. The standard InChI is InChI=1S/C12H16N4O/c1-2-17-12-5-3-10(4-6-12)16-11(7-8-13)9-14-15-16/h3-6,9H,2,7-8,13H2,1H3. The summed E-state index contributed by atoms with van der Waals surface area (Å²) in [6, 6.07) is 7.76. The lowest BCUT2D eigenvalue weighted by Gasteiger charge is -2.07. The van der Waals surface area contributed by atoms with Crippen molar-refractivity contribution in [2.24, 2.45) is 5.73 Å². The van der Waals surface area contributed by atoms with Crippen LogP contribution in [0.2, 0.25) is 0 Å². The first-order valence-corrected chi connectivity index (χ1v) is 5.68. The highest BCUT2D eigenvalue weighted by atomic mass is 16.5. The van der Waals surface area contributed by atoms with Gasteiger partial charge in [0, 0.05) is 6.42 Å². The molecule has 0 atom stereocenters. The summed E-state index contributed by atoms with van der Waals surface area (Å²) in [5.41, 5.74) is 7.52. The molecule has 2 N–H and O–H groups in total. The van der Waals surface area contributed by atoms with Gasteiger partial charge in [-0.2, -0.15) is 0 Å². The molecule has 5 heteroatoms. The predicted molar refractivity (Wildman–Crippen MR) is 65.3 cm³/mol. The maximum absolute atomic E-state index is 5.54. The van der Waals surface area contributed by atoms with Crippen LogP contribution in [0.25, 0.3) is 5.69 Å². The molecule has 1 aromatic carbocycles. The number of ether oxygens (including phenoxy) is 1. The molecule has 17 heavy (non-hydrogen) atoms. The van der Waals surface area contributed by atoms with Crippen LogP contribution in [0, 0.1) is 0 Å². The average Bonchev–Trinajstić information content (AvgIpc) is 2.79. The highest BCUT2D eigenvalue weighted by Gasteiger charge is 2.05. The number of nitrogens with zero attached hydrogens (tertiary/aromatic N) is 3. The Labute approximate surface area is 100 Å². The molecular weight excluding hydrogens is 216 g/mol. The Kier molecular flexibility index (Phi) is 3.72. The monoisotopic (exact) mass is 232 g/mol. The molecule has 1 aromatic heterocycles. The molecule has 0 unspecified atom stereocenters. The van der Waals surface area contributed by atoms with Crippen LogP contribution in [0.15, 0.2) is 30.5 Å². The van der Waals surface area contributed by atoms with E-state index in [9.17, 15) is 0 Å². The molecule has 1 heterocycles. The van der Waals surface area contributed by atoms with Gasteiger partial charge in [-0.1, -0.05) is 5.21 Å². The van der Waals surface area contributed by atoms with E-state index in [2.05, 4.69) is 10.3 Å². The van der Waals surface area contributed by atoms with Gasteiger partial charge >= 0.3 is 0 Å². The summed E-state index contributed by atoms with van der Waals surface area (Å²) >= 11 is 0. The number of hydrogen-bond acceptors (Lipinski definition) is 4. The van der Waals surface area contributed by atoms with E-state index in [4.69, 9.17) is 10.5 Å². The van der Waals surface area contributed by atoms with Crippen LogP contribution in [0.4, 0.5) is 0 Å². The third-order valence-electron chi connectivity index (χ3n) is 2.41.